The lowest BCUT2D eigenvalue weighted by Gasteiger charge is -2.30. The van der Waals surface area contributed by atoms with Gasteiger partial charge in [-0.25, -0.2) is 0 Å². The molecule has 55 heavy (non-hydrogen) atoms. The summed E-state index contributed by atoms with van der Waals surface area (Å²) in [6, 6.07) is 62.4. The maximum atomic E-state index is 6.52. The Morgan fingerprint density at radius 2 is 1.16 bits per heavy atom. The molecule has 0 spiro atoms. The average Bonchev–Trinajstić information content (AvgIpc) is 3.83. The summed E-state index contributed by atoms with van der Waals surface area (Å²) in [6.07, 6.45) is 6.48. The molecule has 1 saturated carbocycles. The zero-order valence-corrected chi connectivity index (χ0v) is 31.4. The van der Waals surface area contributed by atoms with Gasteiger partial charge in [0, 0.05) is 36.8 Å². The van der Waals surface area contributed by atoms with E-state index in [-0.39, 0.29) is 0 Å². The highest BCUT2D eigenvalue weighted by Crippen LogP contribution is 2.49. The number of benzene rings is 8. The number of hydrogen-bond donors (Lipinski definition) is 0. The van der Waals surface area contributed by atoms with Gasteiger partial charge in [0.2, 0.25) is 0 Å². The highest BCUT2D eigenvalue weighted by molar-refractivity contribution is 7.26. The predicted molar refractivity (Wildman–Crippen MR) is 235 cm³/mol. The number of thiophene rings is 1. The number of hydrogen-bond acceptors (Lipinski definition) is 3. The van der Waals surface area contributed by atoms with Gasteiger partial charge in [-0.05, 0) is 94.3 Å². The lowest BCUT2D eigenvalue weighted by atomic mass is 9.80. The molecule has 0 aliphatic heterocycles. The summed E-state index contributed by atoms with van der Waals surface area (Å²) in [5.41, 5.74) is 11.6. The molecule has 1 aliphatic carbocycles. The Morgan fingerprint density at radius 1 is 0.491 bits per heavy atom. The molecule has 1 fully saturated rings. The molecule has 11 rings (SSSR count). The van der Waals surface area contributed by atoms with Crippen LogP contribution in [0.15, 0.2) is 174 Å². The van der Waals surface area contributed by atoms with Gasteiger partial charge in [0.15, 0.2) is 0 Å². The molecule has 0 N–H and O–H groups in total. The summed E-state index contributed by atoms with van der Waals surface area (Å²) in [6.45, 7) is 0. The summed E-state index contributed by atoms with van der Waals surface area (Å²) in [7, 11) is 0. The molecule has 0 bridgehead atoms. The van der Waals surface area contributed by atoms with Crippen LogP contribution in [-0.2, 0) is 0 Å². The Labute approximate surface area is 324 Å². The van der Waals surface area contributed by atoms with Crippen molar-refractivity contribution in [3.05, 3.63) is 175 Å². The van der Waals surface area contributed by atoms with E-state index in [2.05, 4.69) is 175 Å². The lowest BCUT2D eigenvalue weighted by Crippen LogP contribution is -2.12. The Bertz CT molecular complexity index is 3050. The first-order valence-corrected chi connectivity index (χ1v) is 20.4. The standard InChI is InChI=1S/C52H39NOS/c1-2-15-34(16-3-1)38-24-11-17-35-18-12-26-42(50(35)38)40-21-4-7-28-45(40)53(46-29-14-31-48-51(46)44-23-5-8-30-47(44)54-48)37-20-10-19-36(33-37)39-25-13-27-43-41-22-6-9-32-49(41)55-52(39)43/h4-14,17-34H,1-3,15-16H2. The maximum absolute atomic E-state index is 6.52. The van der Waals surface area contributed by atoms with E-state index in [0.717, 1.165) is 39.0 Å². The molecule has 0 radical (unpaired) electrons. The summed E-state index contributed by atoms with van der Waals surface area (Å²) in [5.74, 6) is 0.584. The van der Waals surface area contributed by atoms with Crippen molar-refractivity contribution in [2.45, 2.75) is 38.0 Å². The average molecular weight is 726 g/mol. The first kappa shape index (κ1) is 32.3. The van der Waals surface area contributed by atoms with Crippen molar-refractivity contribution in [3.63, 3.8) is 0 Å². The first-order chi connectivity index (χ1) is 27.3. The molecule has 3 heteroatoms. The minimum absolute atomic E-state index is 0.584. The second-order valence-electron chi connectivity index (χ2n) is 15.0. The number of furan rings is 1. The van der Waals surface area contributed by atoms with Gasteiger partial charge in [-0.1, -0.05) is 147 Å². The van der Waals surface area contributed by atoms with Gasteiger partial charge in [-0.15, -0.1) is 11.3 Å². The normalized spacial score (nSPS) is 13.7. The molecule has 2 heterocycles. The van der Waals surface area contributed by atoms with Crippen LogP contribution in [-0.4, -0.2) is 0 Å². The maximum Gasteiger partial charge on any atom is 0.137 e. The fourth-order valence-corrected chi connectivity index (χ4v) is 10.6. The quantitative estimate of drug-likeness (QED) is 0.170. The minimum atomic E-state index is 0.584. The van der Waals surface area contributed by atoms with E-state index in [1.54, 1.807) is 0 Å². The molecular formula is C52H39NOS. The molecule has 2 nitrogen and oxygen atoms in total. The van der Waals surface area contributed by atoms with Gasteiger partial charge in [0.25, 0.3) is 0 Å². The fourth-order valence-electron chi connectivity index (χ4n) is 9.38. The third-order valence-electron chi connectivity index (χ3n) is 11.9. The van der Waals surface area contributed by atoms with Crippen molar-refractivity contribution < 1.29 is 4.42 Å². The predicted octanol–water partition coefficient (Wildman–Crippen LogP) is 16.0. The highest BCUT2D eigenvalue weighted by atomic mass is 32.1. The van der Waals surface area contributed by atoms with Gasteiger partial charge in [-0.2, -0.15) is 0 Å². The Balaban J connectivity index is 1.18. The third kappa shape index (κ3) is 5.37. The molecule has 2 aromatic heterocycles. The van der Waals surface area contributed by atoms with Gasteiger partial charge in [0.1, 0.15) is 11.2 Å². The van der Waals surface area contributed by atoms with Crippen LogP contribution in [0.4, 0.5) is 17.1 Å². The molecular weight excluding hydrogens is 687 g/mol. The molecule has 264 valence electrons. The van der Waals surface area contributed by atoms with Crippen molar-refractivity contribution in [3.8, 4) is 22.3 Å². The van der Waals surface area contributed by atoms with Crippen LogP contribution in [0.2, 0.25) is 0 Å². The summed E-state index contributed by atoms with van der Waals surface area (Å²) >= 11 is 1.88. The molecule has 0 amide bonds. The number of fused-ring (bicyclic) bond motifs is 7. The third-order valence-corrected chi connectivity index (χ3v) is 13.1. The highest BCUT2D eigenvalue weighted by Gasteiger charge is 2.25. The SMILES string of the molecule is c1cc(-c2cccc3c2sc2ccccc23)cc(N(c2ccccc2-c2cccc3cccc(C4CCCCC4)c23)c2cccc3oc4ccccc4c23)c1. The second kappa shape index (κ2) is 13.3. The first-order valence-electron chi connectivity index (χ1n) is 19.6. The zero-order chi connectivity index (χ0) is 36.3. The number of nitrogens with zero attached hydrogens (tertiary/aromatic N) is 1. The Kier molecular flexibility index (Phi) is 7.81. The molecule has 1 aliphatic rings. The fraction of sp³-hybridized carbons (Fsp3) is 0.115. The topological polar surface area (TPSA) is 16.4 Å². The molecule has 0 unspecified atom stereocenters. The van der Waals surface area contributed by atoms with Crippen LogP contribution in [0, 0.1) is 0 Å². The van der Waals surface area contributed by atoms with Crippen LogP contribution >= 0.6 is 11.3 Å². The van der Waals surface area contributed by atoms with E-state index in [0.29, 0.717) is 5.92 Å². The van der Waals surface area contributed by atoms with Gasteiger partial charge in [0.05, 0.1) is 16.8 Å². The second-order valence-corrected chi connectivity index (χ2v) is 16.1. The van der Waals surface area contributed by atoms with Crippen LogP contribution in [0.1, 0.15) is 43.6 Å². The minimum Gasteiger partial charge on any atom is -0.456 e. The number of anilines is 3. The van der Waals surface area contributed by atoms with Gasteiger partial charge in [-0.3, -0.25) is 0 Å². The van der Waals surface area contributed by atoms with E-state index in [9.17, 15) is 0 Å². The van der Waals surface area contributed by atoms with Crippen molar-refractivity contribution in [1.29, 1.82) is 0 Å². The molecule has 0 saturated heterocycles. The monoisotopic (exact) mass is 725 g/mol. The summed E-state index contributed by atoms with van der Waals surface area (Å²) < 4.78 is 9.15. The number of para-hydroxylation sites is 2. The van der Waals surface area contributed by atoms with Crippen LogP contribution in [0.25, 0.3) is 75.1 Å². The van der Waals surface area contributed by atoms with Gasteiger partial charge >= 0.3 is 0 Å². The summed E-state index contributed by atoms with van der Waals surface area (Å²) in [5, 5.41) is 7.56. The van der Waals surface area contributed by atoms with Crippen LogP contribution < -0.4 is 4.90 Å². The largest absolute Gasteiger partial charge is 0.456 e. The van der Waals surface area contributed by atoms with Crippen molar-refractivity contribution >= 4 is 81.3 Å². The van der Waals surface area contributed by atoms with E-state index in [1.165, 1.54) is 90.9 Å². The van der Waals surface area contributed by atoms with E-state index < -0.39 is 0 Å². The van der Waals surface area contributed by atoms with Crippen molar-refractivity contribution in [2.24, 2.45) is 0 Å². The van der Waals surface area contributed by atoms with Crippen LogP contribution in [0.5, 0.6) is 0 Å². The molecule has 10 aromatic rings. The number of rotatable bonds is 6. The summed E-state index contributed by atoms with van der Waals surface area (Å²) in [4.78, 5) is 2.48. The lowest BCUT2D eigenvalue weighted by molar-refractivity contribution is 0.445. The van der Waals surface area contributed by atoms with Gasteiger partial charge < -0.3 is 9.32 Å². The van der Waals surface area contributed by atoms with E-state index >= 15 is 0 Å². The molecule has 0 atom stereocenters. The molecule has 8 aromatic carbocycles. The van der Waals surface area contributed by atoms with E-state index in [4.69, 9.17) is 4.42 Å². The van der Waals surface area contributed by atoms with Crippen molar-refractivity contribution in [2.75, 3.05) is 4.90 Å². The van der Waals surface area contributed by atoms with Crippen LogP contribution in [0.3, 0.4) is 0 Å². The zero-order valence-electron chi connectivity index (χ0n) is 30.5. The Morgan fingerprint density at radius 3 is 2.09 bits per heavy atom. The van der Waals surface area contributed by atoms with Crippen molar-refractivity contribution in [1.82, 2.24) is 0 Å². The van der Waals surface area contributed by atoms with E-state index in [1.807, 2.05) is 11.3 Å². The smallest absolute Gasteiger partial charge is 0.137 e. The Hall–Kier alpha value is -6.16.